The Bertz CT molecular complexity index is 1100. The average Bonchev–Trinajstić information content (AvgIpc) is 3.25. The molecule has 5 rings (SSSR count). The first kappa shape index (κ1) is 20.2. The normalized spacial score (nSPS) is 17.4. The van der Waals surface area contributed by atoms with Crippen molar-refractivity contribution < 1.29 is 14.3 Å². The molecule has 0 bridgehead atoms. The van der Waals surface area contributed by atoms with E-state index in [4.69, 9.17) is 9.47 Å². The second-order valence-corrected chi connectivity index (χ2v) is 9.30. The molecule has 0 aromatic carbocycles. The molecule has 0 N–H and O–H groups in total. The minimum absolute atomic E-state index is 0.0514. The lowest BCUT2D eigenvalue weighted by Crippen LogP contribution is -2.48. The summed E-state index contributed by atoms with van der Waals surface area (Å²) in [6, 6.07) is 8.09. The van der Waals surface area contributed by atoms with Gasteiger partial charge in [0.2, 0.25) is 0 Å². The number of hydrogen-bond acceptors (Lipinski definition) is 6. The molecule has 1 saturated heterocycles. The van der Waals surface area contributed by atoms with Crippen molar-refractivity contribution in [2.24, 2.45) is 0 Å². The van der Waals surface area contributed by atoms with Crippen LogP contribution in [0.2, 0.25) is 0 Å². The number of likely N-dealkylation sites (tertiary alicyclic amines) is 1. The fourth-order valence-electron chi connectivity index (χ4n) is 4.53. The molecule has 160 valence electrons. The second kappa shape index (κ2) is 8.05. The van der Waals surface area contributed by atoms with E-state index >= 15 is 0 Å². The Hall–Kier alpha value is -2.77. The third kappa shape index (κ3) is 3.72. The van der Waals surface area contributed by atoms with E-state index in [0.717, 1.165) is 47.8 Å². The molecule has 7 heteroatoms. The molecule has 3 aromatic heterocycles. The zero-order valence-electron chi connectivity index (χ0n) is 17.8. The van der Waals surface area contributed by atoms with Gasteiger partial charge in [0.25, 0.3) is 5.91 Å². The summed E-state index contributed by atoms with van der Waals surface area (Å²) in [5.74, 6) is 0.807. The predicted molar refractivity (Wildman–Crippen MR) is 120 cm³/mol. The SMILES string of the molecule is COc1ccc(-c2cc3c(s2)CCOC32CCN(C(=O)c3cncc(C)c3)CC2)nc1. The summed E-state index contributed by atoms with van der Waals surface area (Å²) in [4.78, 5) is 26.1. The molecule has 1 fully saturated rings. The van der Waals surface area contributed by atoms with Crippen LogP contribution in [0.3, 0.4) is 0 Å². The number of hydrogen-bond donors (Lipinski definition) is 0. The fraction of sp³-hybridized carbons (Fsp3) is 0.375. The molecule has 0 aliphatic carbocycles. The summed E-state index contributed by atoms with van der Waals surface area (Å²) in [6.07, 6.45) is 7.71. The third-order valence-electron chi connectivity index (χ3n) is 6.21. The molecule has 5 heterocycles. The number of methoxy groups -OCH3 is 1. The second-order valence-electron chi connectivity index (χ2n) is 8.17. The largest absolute Gasteiger partial charge is 0.495 e. The van der Waals surface area contributed by atoms with Gasteiger partial charge in [-0.15, -0.1) is 11.3 Å². The molecule has 6 nitrogen and oxygen atoms in total. The molecule has 1 amide bonds. The maximum Gasteiger partial charge on any atom is 0.255 e. The van der Waals surface area contributed by atoms with Crippen molar-refractivity contribution in [3.8, 4) is 16.3 Å². The summed E-state index contributed by atoms with van der Waals surface area (Å²) in [7, 11) is 1.65. The number of carbonyl (C=O) groups is 1. The number of amides is 1. The Morgan fingerprint density at radius 3 is 2.74 bits per heavy atom. The van der Waals surface area contributed by atoms with E-state index in [1.54, 1.807) is 37.0 Å². The first-order valence-electron chi connectivity index (χ1n) is 10.6. The summed E-state index contributed by atoms with van der Waals surface area (Å²) in [5.41, 5.74) is 3.58. The molecule has 0 unspecified atom stereocenters. The molecule has 2 aliphatic heterocycles. The van der Waals surface area contributed by atoms with Gasteiger partial charge in [-0.1, -0.05) is 0 Å². The van der Waals surface area contributed by atoms with Gasteiger partial charge in [-0.3, -0.25) is 14.8 Å². The topological polar surface area (TPSA) is 64.6 Å². The van der Waals surface area contributed by atoms with Gasteiger partial charge in [0, 0.05) is 36.8 Å². The Morgan fingerprint density at radius 2 is 2.03 bits per heavy atom. The van der Waals surface area contributed by atoms with Crippen molar-refractivity contribution >= 4 is 17.2 Å². The van der Waals surface area contributed by atoms with Crippen LogP contribution in [0.15, 0.2) is 42.9 Å². The van der Waals surface area contributed by atoms with Crippen LogP contribution in [0.1, 0.15) is 39.2 Å². The van der Waals surface area contributed by atoms with Crippen LogP contribution in [0.4, 0.5) is 0 Å². The van der Waals surface area contributed by atoms with Crippen LogP contribution in [0.25, 0.3) is 10.6 Å². The zero-order valence-corrected chi connectivity index (χ0v) is 18.6. The maximum absolute atomic E-state index is 12.9. The number of thiophene rings is 1. The number of pyridine rings is 2. The Morgan fingerprint density at radius 1 is 1.19 bits per heavy atom. The van der Waals surface area contributed by atoms with Crippen LogP contribution >= 0.6 is 11.3 Å². The number of nitrogens with zero attached hydrogens (tertiary/aromatic N) is 3. The number of rotatable bonds is 3. The van der Waals surface area contributed by atoms with Crippen LogP contribution in [-0.4, -0.2) is 47.6 Å². The summed E-state index contributed by atoms with van der Waals surface area (Å²) >= 11 is 1.80. The highest BCUT2D eigenvalue weighted by atomic mass is 32.1. The minimum Gasteiger partial charge on any atom is -0.495 e. The molecular weight excluding hydrogens is 410 g/mol. The lowest BCUT2D eigenvalue weighted by Gasteiger charge is -2.44. The van der Waals surface area contributed by atoms with Gasteiger partial charge in [0.1, 0.15) is 5.75 Å². The Kier molecular flexibility index (Phi) is 5.24. The fourth-order valence-corrected chi connectivity index (χ4v) is 5.74. The molecule has 0 radical (unpaired) electrons. The highest BCUT2D eigenvalue weighted by Gasteiger charge is 2.43. The lowest BCUT2D eigenvalue weighted by atomic mass is 9.82. The van der Waals surface area contributed by atoms with E-state index in [1.807, 2.05) is 30.0 Å². The molecule has 3 aromatic rings. The molecule has 0 atom stereocenters. The summed E-state index contributed by atoms with van der Waals surface area (Å²) < 4.78 is 11.6. The van der Waals surface area contributed by atoms with Gasteiger partial charge in [-0.05, 0) is 55.2 Å². The number of ether oxygens (including phenoxy) is 2. The van der Waals surface area contributed by atoms with E-state index < -0.39 is 0 Å². The van der Waals surface area contributed by atoms with E-state index in [9.17, 15) is 4.79 Å². The van der Waals surface area contributed by atoms with Crippen molar-refractivity contribution in [3.05, 3.63) is 64.4 Å². The number of piperidine rings is 1. The van der Waals surface area contributed by atoms with Crippen LogP contribution in [0, 0.1) is 6.92 Å². The number of aryl methyl sites for hydroxylation is 1. The van der Waals surface area contributed by atoms with E-state index in [-0.39, 0.29) is 11.5 Å². The van der Waals surface area contributed by atoms with Crippen molar-refractivity contribution in [2.75, 3.05) is 26.8 Å². The standard InChI is InChI=1S/C24H25N3O3S/c1-16-11-17(14-25-13-16)23(28)27-8-6-24(7-9-27)19-12-22(31-21(19)5-10-30-24)20-4-3-18(29-2)15-26-20/h3-4,11-15H,5-10H2,1-2H3. The molecule has 31 heavy (non-hydrogen) atoms. The van der Waals surface area contributed by atoms with Gasteiger partial charge >= 0.3 is 0 Å². The first-order valence-corrected chi connectivity index (χ1v) is 11.4. The molecule has 2 aliphatic rings. The number of carbonyl (C=O) groups excluding carboxylic acids is 1. The van der Waals surface area contributed by atoms with Crippen molar-refractivity contribution in [1.82, 2.24) is 14.9 Å². The average molecular weight is 436 g/mol. The minimum atomic E-state index is -0.309. The van der Waals surface area contributed by atoms with Crippen molar-refractivity contribution in [2.45, 2.75) is 31.8 Å². The van der Waals surface area contributed by atoms with Crippen molar-refractivity contribution in [3.63, 3.8) is 0 Å². The monoisotopic (exact) mass is 435 g/mol. The van der Waals surface area contributed by atoms with Gasteiger partial charge in [0.05, 0.1) is 41.6 Å². The van der Waals surface area contributed by atoms with Gasteiger partial charge in [-0.25, -0.2) is 0 Å². The third-order valence-corrected chi connectivity index (χ3v) is 7.43. The smallest absolute Gasteiger partial charge is 0.255 e. The van der Waals surface area contributed by atoms with E-state index in [2.05, 4.69) is 16.0 Å². The van der Waals surface area contributed by atoms with Crippen LogP contribution < -0.4 is 4.74 Å². The van der Waals surface area contributed by atoms with Gasteiger partial charge < -0.3 is 14.4 Å². The van der Waals surface area contributed by atoms with E-state index in [0.29, 0.717) is 18.7 Å². The predicted octanol–water partition coefficient (Wildman–Crippen LogP) is 4.23. The molecular formula is C24H25N3O3S. The lowest BCUT2D eigenvalue weighted by molar-refractivity contribution is -0.0926. The molecule has 0 saturated carbocycles. The zero-order chi connectivity index (χ0) is 21.4. The van der Waals surface area contributed by atoms with Gasteiger partial charge in [-0.2, -0.15) is 0 Å². The number of aromatic nitrogens is 2. The van der Waals surface area contributed by atoms with Gasteiger partial charge in [0.15, 0.2) is 0 Å². The highest BCUT2D eigenvalue weighted by Crippen LogP contribution is 2.46. The van der Waals surface area contributed by atoms with Crippen LogP contribution in [-0.2, 0) is 16.8 Å². The summed E-state index contributed by atoms with van der Waals surface area (Å²) in [5, 5.41) is 0. The quantitative estimate of drug-likeness (QED) is 0.616. The number of fused-ring (bicyclic) bond motifs is 2. The van der Waals surface area contributed by atoms with Crippen molar-refractivity contribution in [1.29, 1.82) is 0 Å². The first-order chi connectivity index (χ1) is 15.1. The maximum atomic E-state index is 12.9. The molecule has 1 spiro atoms. The Labute approximate surface area is 185 Å². The van der Waals surface area contributed by atoms with E-state index in [1.165, 1.54) is 10.4 Å². The highest BCUT2D eigenvalue weighted by molar-refractivity contribution is 7.15. The summed E-state index contributed by atoms with van der Waals surface area (Å²) in [6.45, 7) is 4.04. The van der Waals surface area contributed by atoms with Crippen LogP contribution in [0.5, 0.6) is 5.75 Å². The Balaban J connectivity index is 1.36.